The van der Waals surface area contributed by atoms with Crippen LogP contribution in [0.2, 0.25) is 0 Å². The lowest BCUT2D eigenvalue weighted by Gasteiger charge is -2.11. The highest BCUT2D eigenvalue weighted by molar-refractivity contribution is 8.72. The highest BCUT2D eigenvalue weighted by Crippen LogP contribution is 2.35. The Hall–Kier alpha value is -1.46. The molecule has 2 aromatic carbocycles. The fourth-order valence-corrected chi connectivity index (χ4v) is 5.11. The van der Waals surface area contributed by atoms with Gasteiger partial charge in [-0.25, -0.2) is 8.42 Å². The van der Waals surface area contributed by atoms with Crippen molar-refractivity contribution >= 4 is 25.4 Å². The first-order valence-electron chi connectivity index (χ1n) is 6.63. The van der Waals surface area contributed by atoms with E-state index in [0.717, 1.165) is 38.1 Å². The van der Waals surface area contributed by atoms with Crippen molar-refractivity contribution in [1.82, 2.24) is 0 Å². The molecule has 5 heteroatoms. The van der Waals surface area contributed by atoms with E-state index >= 15 is 0 Å². The van der Waals surface area contributed by atoms with Crippen molar-refractivity contribution in [3.05, 3.63) is 53.1 Å². The van der Waals surface area contributed by atoms with Crippen LogP contribution in [0.25, 0.3) is 0 Å². The lowest BCUT2D eigenvalue weighted by Crippen LogP contribution is -1.98. The number of anilines is 1. The number of nitrogens with one attached hydrogen (secondary N) is 1. The summed E-state index contributed by atoms with van der Waals surface area (Å²) in [6.45, 7) is 5.83. The van der Waals surface area contributed by atoms with E-state index in [0.29, 0.717) is 4.90 Å². The Labute approximate surface area is 130 Å². The van der Waals surface area contributed by atoms with Gasteiger partial charge < -0.3 is 5.32 Å². The fraction of sp³-hybridized carbons (Fsp3) is 0.250. The quantitative estimate of drug-likeness (QED) is 0.860. The molecule has 3 nitrogen and oxygen atoms in total. The van der Waals surface area contributed by atoms with Crippen LogP contribution < -0.4 is 5.32 Å². The Morgan fingerprint density at radius 1 is 0.952 bits per heavy atom. The van der Waals surface area contributed by atoms with E-state index < -0.39 is 8.87 Å². The number of rotatable bonds is 4. The van der Waals surface area contributed by atoms with Gasteiger partial charge in [0.25, 0.3) is 0 Å². The maximum atomic E-state index is 12.5. The summed E-state index contributed by atoms with van der Waals surface area (Å²) in [5.74, 6) is 0. The Kier molecular flexibility index (Phi) is 4.64. The minimum Gasteiger partial charge on any atom is -0.388 e. The van der Waals surface area contributed by atoms with Crippen LogP contribution in [-0.4, -0.2) is 15.5 Å². The summed E-state index contributed by atoms with van der Waals surface area (Å²) < 4.78 is 25.0. The van der Waals surface area contributed by atoms with E-state index in [2.05, 4.69) is 5.32 Å². The Bertz CT molecular complexity index is 751. The van der Waals surface area contributed by atoms with Crippen LogP contribution in [0.3, 0.4) is 0 Å². The first-order chi connectivity index (χ1) is 9.83. The molecule has 0 spiro atoms. The SMILES string of the molecule is CNc1cc(C)c(SS(=O)(=O)c2ccc(C)cc2)cc1C. The van der Waals surface area contributed by atoms with Crippen molar-refractivity contribution in [2.24, 2.45) is 0 Å². The topological polar surface area (TPSA) is 46.2 Å². The predicted octanol–water partition coefficient (Wildman–Crippen LogP) is 4.13. The van der Waals surface area contributed by atoms with Crippen LogP contribution in [0.5, 0.6) is 0 Å². The van der Waals surface area contributed by atoms with E-state index in [-0.39, 0.29) is 0 Å². The lowest BCUT2D eigenvalue weighted by atomic mass is 10.1. The molecule has 0 saturated heterocycles. The molecule has 1 N–H and O–H groups in total. The largest absolute Gasteiger partial charge is 0.388 e. The van der Waals surface area contributed by atoms with Gasteiger partial charge in [0.05, 0.1) is 4.90 Å². The molecular weight excluding hydrogens is 302 g/mol. The molecule has 112 valence electrons. The third kappa shape index (κ3) is 3.60. The number of benzene rings is 2. The highest BCUT2D eigenvalue weighted by atomic mass is 33.1. The van der Waals surface area contributed by atoms with Crippen LogP contribution in [0, 0.1) is 20.8 Å². The van der Waals surface area contributed by atoms with Crippen LogP contribution in [0.1, 0.15) is 16.7 Å². The van der Waals surface area contributed by atoms with Crippen molar-refractivity contribution in [3.8, 4) is 0 Å². The summed E-state index contributed by atoms with van der Waals surface area (Å²) in [4.78, 5) is 1.11. The second-order valence-corrected chi connectivity index (χ2v) is 8.84. The van der Waals surface area contributed by atoms with Gasteiger partial charge >= 0.3 is 0 Å². The second kappa shape index (κ2) is 6.12. The molecule has 0 aliphatic heterocycles. The second-order valence-electron chi connectivity index (χ2n) is 5.03. The lowest BCUT2D eigenvalue weighted by molar-refractivity contribution is 0.610. The highest BCUT2D eigenvalue weighted by Gasteiger charge is 2.18. The zero-order chi connectivity index (χ0) is 15.6. The van der Waals surface area contributed by atoms with Gasteiger partial charge in [0.15, 0.2) is 0 Å². The molecule has 0 aliphatic rings. The van der Waals surface area contributed by atoms with Gasteiger partial charge in [0, 0.05) is 28.4 Å². The van der Waals surface area contributed by atoms with Gasteiger partial charge in [0.1, 0.15) is 0 Å². The van der Waals surface area contributed by atoms with Crippen molar-refractivity contribution in [2.75, 3.05) is 12.4 Å². The zero-order valence-electron chi connectivity index (χ0n) is 12.6. The number of hydrogen-bond donors (Lipinski definition) is 1. The average molecular weight is 321 g/mol. The van der Waals surface area contributed by atoms with Gasteiger partial charge in [-0.15, -0.1) is 0 Å². The van der Waals surface area contributed by atoms with Gasteiger partial charge in [-0.05, 0) is 56.2 Å². The molecular formula is C16H19NO2S2. The standard InChI is InChI=1S/C16H19NO2S2/c1-11-5-7-14(8-6-11)21(18,19)20-16-10-12(2)15(17-4)9-13(16)3/h5-10,17H,1-4H3. The Morgan fingerprint density at radius 2 is 1.57 bits per heavy atom. The fourth-order valence-electron chi connectivity index (χ4n) is 2.02. The van der Waals surface area contributed by atoms with Gasteiger partial charge in [0.2, 0.25) is 8.87 Å². The number of hydrogen-bond acceptors (Lipinski definition) is 4. The summed E-state index contributed by atoms with van der Waals surface area (Å²) in [6, 6.07) is 10.8. The molecule has 0 amide bonds. The molecule has 0 heterocycles. The third-order valence-corrected chi connectivity index (χ3v) is 6.76. The molecule has 0 bridgehead atoms. The maximum Gasteiger partial charge on any atom is 0.234 e. The van der Waals surface area contributed by atoms with Crippen LogP contribution in [0.15, 0.2) is 46.2 Å². The first kappa shape index (κ1) is 15.9. The summed E-state index contributed by atoms with van der Waals surface area (Å²) >= 11 is 0. The number of aryl methyl sites for hydroxylation is 3. The van der Waals surface area contributed by atoms with E-state index in [1.54, 1.807) is 12.1 Å². The van der Waals surface area contributed by atoms with Crippen molar-refractivity contribution in [1.29, 1.82) is 0 Å². The Balaban J connectivity index is 2.37. The smallest absolute Gasteiger partial charge is 0.234 e. The summed E-state index contributed by atoms with van der Waals surface area (Å²) in [6.07, 6.45) is 0. The van der Waals surface area contributed by atoms with Crippen LogP contribution in [0.4, 0.5) is 5.69 Å². The maximum absolute atomic E-state index is 12.5. The molecule has 0 aromatic heterocycles. The van der Waals surface area contributed by atoms with Crippen LogP contribution >= 0.6 is 10.8 Å². The van der Waals surface area contributed by atoms with E-state index in [1.165, 1.54) is 0 Å². The zero-order valence-corrected chi connectivity index (χ0v) is 14.2. The van der Waals surface area contributed by atoms with Crippen molar-refractivity contribution < 1.29 is 8.42 Å². The van der Waals surface area contributed by atoms with Gasteiger partial charge in [-0.2, -0.15) is 0 Å². The molecule has 0 radical (unpaired) electrons. The molecule has 0 aliphatic carbocycles. The molecule has 0 atom stereocenters. The average Bonchev–Trinajstić information content (AvgIpc) is 2.42. The van der Waals surface area contributed by atoms with E-state index in [1.807, 2.05) is 52.1 Å². The summed E-state index contributed by atoms with van der Waals surface area (Å²) in [5, 5.41) is 3.11. The normalized spacial score (nSPS) is 11.4. The minimum absolute atomic E-state index is 0.341. The monoisotopic (exact) mass is 321 g/mol. The predicted molar refractivity (Wildman–Crippen MR) is 89.7 cm³/mol. The van der Waals surface area contributed by atoms with E-state index in [4.69, 9.17) is 0 Å². The van der Waals surface area contributed by atoms with Crippen molar-refractivity contribution in [3.63, 3.8) is 0 Å². The summed E-state index contributed by atoms with van der Waals surface area (Å²) in [7, 11) is -0.625. The molecule has 2 aromatic rings. The van der Waals surface area contributed by atoms with Crippen LogP contribution in [-0.2, 0) is 8.87 Å². The third-order valence-electron chi connectivity index (χ3n) is 3.30. The first-order valence-corrected chi connectivity index (χ1v) is 9.45. The molecule has 0 fully saturated rings. The minimum atomic E-state index is -3.39. The van der Waals surface area contributed by atoms with E-state index in [9.17, 15) is 8.42 Å². The van der Waals surface area contributed by atoms with Crippen molar-refractivity contribution in [2.45, 2.75) is 30.6 Å². The van der Waals surface area contributed by atoms with Gasteiger partial charge in [-0.3, -0.25) is 0 Å². The molecule has 0 saturated carbocycles. The molecule has 21 heavy (non-hydrogen) atoms. The molecule has 2 rings (SSSR count). The molecule has 0 unspecified atom stereocenters. The Morgan fingerprint density at radius 3 is 2.14 bits per heavy atom. The van der Waals surface area contributed by atoms with Gasteiger partial charge in [-0.1, -0.05) is 17.7 Å². The summed E-state index contributed by atoms with van der Waals surface area (Å²) in [5.41, 5.74) is 4.05.